The molecule has 0 aromatic heterocycles. The fourth-order valence-corrected chi connectivity index (χ4v) is 3.57. The van der Waals surface area contributed by atoms with E-state index in [1.807, 2.05) is 6.08 Å². The third-order valence-electron chi connectivity index (χ3n) is 5.06. The highest BCUT2D eigenvalue weighted by Crippen LogP contribution is 2.28. The molecule has 1 aliphatic heterocycles. The standard InChI is InChI=1S/C22H21FN4O2/c1-27-18-13-7-5-11-16(18)19(15-10-4-6-12-17(15)23)25-20(21(27)28)26-22(29)24-14-8-2-3-9-14/h4-8,10-13,20H,2-3,9H2,1H3,(H2,24,26,29). The number of aliphatic imine (C=N–C) groups is 1. The van der Waals surface area contributed by atoms with Crippen LogP contribution in [0.1, 0.15) is 30.4 Å². The summed E-state index contributed by atoms with van der Waals surface area (Å²) >= 11 is 0. The van der Waals surface area contributed by atoms with Gasteiger partial charge in [0.05, 0.1) is 11.4 Å². The molecule has 7 heteroatoms. The van der Waals surface area contributed by atoms with Crippen LogP contribution in [0.15, 0.2) is 65.3 Å². The average molecular weight is 392 g/mol. The zero-order valence-electron chi connectivity index (χ0n) is 16.0. The minimum Gasteiger partial charge on any atom is -0.312 e. The normalized spacial score (nSPS) is 18.5. The van der Waals surface area contributed by atoms with Crippen LogP contribution in [0.4, 0.5) is 14.9 Å². The molecule has 148 valence electrons. The van der Waals surface area contributed by atoms with Crippen molar-refractivity contribution in [3.8, 4) is 0 Å². The Morgan fingerprint density at radius 1 is 1.14 bits per heavy atom. The van der Waals surface area contributed by atoms with Gasteiger partial charge in [0, 0.05) is 23.9 Å². The van der Waals surface area contributed by atoms with Crippen LogP contribution in [-0.2, 0) is 4.79 Å². The van der Waals surface area contributed by atoms with Crippen LogP contribution in [0.5, 0.6) is 0 Å². The number of hydrogen-bond acceptors (Lipinski definition) is 3. The smallest absolute Gasteiger partial charge is 0.312 e. The Kier molecular flexibility index (Phi) is 5.12. The molecule has 1 atom stereocenters. The van der Waals surface area contributed by atoms with Crippen molar-refractivity contribution in [1.82, 2.24) is 10.6 Å². The number of benzodiazepines with no additional fused rings is 1. The average Bonchev–Trinajstić information content (AvgIpc) is 3.20. The van der Waals surface area contributed by atoms with Crippen molar-refractivity contribution >= 4 is 23.3 Å². The van der Waals surface area contributed by atoms with Gasteiger partial charge in [0.2, 0.25) is 6.17 Å². The molecule has 2 aromatic carbocycles. The maximum absolute atomic E-state index is 14.6. The van der Waals surface area contributed by atoms with Gasteiger partial charge in [0.25, 0.3) is 5.91 Å². The van der Waals surface area contributed by atoms with E-state index in [1.54, 1.807) is 49.5 Å². The molecule has 0 saturated heterocycles. The first-order valence-corrected chi connectivity index (χ1v) is 9.51. The summed E-state index contributed by atoms with van der Waals surface area (Å²) < 4.78 is 14.6. The zero-order valence-corrected chi connectivity index (χ0v) is 16.0. The zero-order chi connectivity index (χ0) is 20.4. The molecule has 1 aliphatic carbocycles. The van der Waals surface area contributed by atoms with E-state index in [0.717, 1.165) is 25.0 Å². The molecule has 1 unspecified atom stereocenters. The molecule has 0 fully saturated rings. The summed E-state index contributed by atoms with van der Waals surface area (Å²) in [6, 6.07) is 12.9. The van der Waals surface area contributed by atoms with Crippen LogP contribution < -0.4 is 15.5 Å². The summed E-state index contributed by atoms with van der Waals surface area (Å²) in [4.78, 5) is 31.4. The second kappa shape index (κ2) is 7.87. The van der Waals surface area contributed by atoms with Crippen LogP contribution in [0.2, 0.25) is 0 Å². The molecule has 0 spiro atoms. The van der Waals surface area contributed by atoms with E-state index in [1.165, 1.54) is 11.0 Å². The first kappa shape index (κ1) is 18.9. The Morgan fingerprint density at radius 2 is 1.86 bits per heavy atom. The number of nitrogens with zero attached hydrogens (tertiary/aromatic N) is 2. The second-order valence-corrected chi connectivity index (χ2v) is 6.99. The van der Waals surface area contributed by atoms with Crippen LogP contribution >= 0.6 is 0 Å². The number of halogens is 1. The van der Waals surface area contributed by atoms with Gasteiger partial charge in [-0.3, -0.25) is 4.79 Å². The van der Waals surface area contributed by atoms with Crippen molar-refractivity contribution in [2.45, 2.75) is 25.4 Å². The van der Waals surface area contributed by atoms with Gasteiger partial charge in [0.15, 0.2) is 0 Å². The summed E-state index contributed by atoms with van der Waals surface area (Å²) in [5, 5.41) is 5.39. The number of amides is 3. The molecular formula is C22H21FN4O2. The Hall–Kier alpha value is -3.48. The number of carbonyl (C=O) groups excluding carboxylic acids is 2. The molecule has 0 bridgehead atoms. The van der Waals surface area contributed by atoms with Gasteiger partial charge in [-0.15, -0.1) is 0 Å². The minimum absolute atomic E-state index is 0.272. The number of para-hydroxylation sites is 1. The van der Waals surface area contributed by atoms with E-state index in [0.29, 0.717) is 17.0 Å². The molecule has 2 aliphatic rings. The van der Waals surface area contributed by atoms with Crippen LogP contribution in [0, 0.1) is 5.82 Å². The van der Waals surface area contributed by atoms with Gasteiger partial charge in [0.1, 0.15) is 5.82 Å². The third kappa shape index (κ3) is 3.76. The Bertz CT molecular complexity index is 1030. The summed E-state index contributed by atoms with van der Waals surface area (Å²) in [6.07, 6.45) is 3.49. The van der Waals surface area contributed by atoms with Crippen molar-refractivity contribution in [2.24, 2.45) is 4.99 Å². The highest BCUT2D eigenvalue weighted by atomic mass is 19.1. The lowest BCUT2D eigenvalue weighted by molar-refractivity contribution is -0.119. The maximum atomic E-state index is 14.6. The molecular weight excluding hydrogens is 371 g/mol. The van der Waals surface area contributed by atoms with Crippen LogP contribution in [-0.4, -0.2) is 30.9 Å². The van der Waals surface area contributed by atoms with Crippen molar-refractivity contribution in [3.63, 3.8) is 0 Å². The summed E-state index contributed by atoms with van der Waals surface area (Å²) in [5.74, 6) is -0.850. The summed E-state index contributed by atoms with van der Waals surface area (Å²) in [5.41, 5.74) is 2.65. The SMILES string of the molecule is CN1C(=O)C(NC(=O)NC2=CCCC2)N=C(c2ccccc2F)c2ccccc21. The fourth-order valence-electron chi connectivity index (χ4n) is 3.57. The first-order chi connectivity index (χ1) is 14.0. The second-order valence-electron chi connectivity index (χ2n) is 6.99. The van der Waals surface area contributed by atoms with E-state index in [-0.39, 0.29) is 5.56 Å². The van der Waals surface area contributed by atoms with Gasteiger partial charge >= 0.3 is 6.03 Å². The lowest BCUT2D eigenvalue weighted by Crippen LogP contribution is -2.49. The number of hydrogen-bond donors (Lipinski definition) is 2. The Morgan fingerprint density at radius 3 is 2.59 bits per heavy atom. The van der Waals surface area contributed by atoms with Gasteiger partial charge < -0.3 is 15.5 Å². The molecule has 3 amide bonds. The largest absolute Gasteiger partial charge is 0.321 e. The number of rotatable bonds is 3. The lowest BCUT2D eigenvalue weighted by atomic mass is 10.00. The molecule has 2 N–H and O–H groups in total. The predicted octanol–water partition coefficient (Wildman–Crippen LogP) is 3.33. The number of urea groups is 1. The lowest BCUT2D eigenvalue weighted by Gasteiger charge is -2.21. The minimum atomic E-state index is -1.18. The molecule has 1 heterocycles. The number of anilines is 1. The molecule has 0 saturated carbocycles. The quantitative estimate of drug-likeness (QED) is 0.841. The topological polar surface area (TPSA) is 73.8 Å². The fraction of sp³-hybridized carbons (Fsp3) is 0.227. The number of benzene rings is 2. The first-order valence-electron chi connectivity index (χ1n) is 9.51. The number of carbonyl (C=O) groups is 2. The highest BCUT2D eigenvalue weighted by molar-refractivity contribution is 6.20. The molecule has 6 nitrogen and oxygen atoms in total. The maximum Gasteiger partial charge on any atom is 0.321 e. The van der Waals surface area contributed by atoms with Crippen LogP contribution in [0.3, 0.4) is 0 Å². The van der Waals surface area contributed by atoms with Crippen LogP contribution in [0.25, 0.3) is 0 Å². The summed E-state index contributed by atoms with van der Waals surface area (Å²) in [7, 11) is 1.62. The van der Waals surface area contributed by atoms with E-state index in [2.05, 4.69) is 15.6 Å². The Balaban J connectivity index is 1.74. The molecule has 29 heavy (non-hydrogen) atoms. The van der Waals surface area contributed by atoms with Gasteiger partial charge in [-0.1, -0.05) is 36.4 Å². The van der Waals surface area contributed by atoms with E-state index in [9.17, 15) is 14.0 Å². The van der Waals surface area contributed by atoms with Crippen molar-refractivity contribution in [2.75, 3.05) is 11.9 Å². The van der Waals surface area contributed by atoms with E-state index >= 15 is 0 Å². The van der Waals surface area contributed by atoms with Gasteiger partial charge in [-0.25, -0.2) is 14.2 Å². The van der Waals surface area contributed by atoms with Gasteiger partial charge in [-0.2, -0.15) is 0 Å². The predicted molar refractivity (Wildman–Crippen MR) is 109 cm³/mol. The van der Waals surface area contributed by atoms with Crippen molar-refractivity contribution < 1.29 is 14.0 Å². The third-order valence-corrected chi connectivity index (χ3v) is 5.06. The highest BCUT2D eigenvalue weighted by Gasteiger charge is 2.31. The molecule has 2 aromatic rings. The number of likely N-dealkylation sites (N-methyl/N-ethyl adjacent to an activating group) is 1. The monoisotopic (exact) mass is 392 g/mol. The number of nitrogens with one attached hydrogen (secondary N) is 2. The number of allylic oxidation sites excluding steroid dienone is 2. The molecule has 4 rings (SSSR count). The number of fused-ring (bicyclic) bond motifs is 1. The van der Waals surface area contributed by atoms with E-state index in [4.69, 9.17) is 0 Å². The summed E-state index contributed by atoms with van der Waals surface area (Å²) in [6.45, 7) is 0. The molecule has 0 radical (unpaired) electrons. The Labute approximate surface area is 168 Å². The van der Waals surface area contributed by atoms with E-state index < -0.39 is 23.9 Å². The van der Waals surface area contributed by atoms with Crippen molar-refractivity contribution in [1.29, 1.82) is 0 Å². The van der Waals surface area contributed by atoms with Gasteiger partial charge in [-0.05, 0) is 37.5 Å². The van der Waals surface area contributed by atoms with Crippen molar-refractivity contribution in [3.05, 3.63) is 77.2 Å².